The average Bonchev–Trinajstić information content (AvgIpc) is 3.36. The number of rotatable bonds is 4. The van der Waals surface area contributed by atoms with Crippen LogP contribution in [-0.2, 0) is 11.3 Å². The zero-order valence-corrected chi connectivity index (χ0v) is 14.6. The van der Waals surface area contributed by atoms with Crippen LogP contribution in [0.15, 0.2) is 34.4 Å². The smallest absolute Gasteiger partial charge is 0.226 e. The fourth-order valence-corrected chi connectivity index (χ4v) is 4.67. The van der Waals surface area contributed by atoms with E-state index in [4.69, 9.17) is 4.42 Å². The molecule has 2 aliphatic heterocycles. The quantitative estimate of drug-likeness (QED) is 0.853. The summed E-state index contributed by atoms with van der Waals surface area (Å²) in [6.07, 6.45) is 7.59. The van der Waals surface area contributed by atoms with Crippen molar-refractivity contribution in [3.8, 4) is 0 Å². The molecule has 0 spiro atoms. The van der Waals surface area contributed by atoms with Gasteiger partial charge in [-0.2, -0.15) is 0 Å². The lowest BCUT2D eigenvalue weighted by Gasteiger charge is -2.34. The van der Waals surface area contributed by atoms with Crippen LogP contribution in [-0.4, -0.2) is 40.3 Å². The Morgan fingerprint density at radius 2 is 2.17 bits per heavy atom. The minimum atomic E-state index is 0.165. The van der Waals surface area contributed by atoms with Crippen LogP contribution >= 0.6 is 11.3 Å². The number of amides is 1. The summed E-state index contributed by atoms with van der Waals surface area (Å²) in [7, 11) is 0. The van der Waals surface area contributed by atoms with Crippen LogP contribution < -0.4 is 0 Å². The Balaban J connectivity index is 1.34. The first-order valence-corrected chi connectivity index (χ1v) is 9.64. The van der Waals surface area contributed by atoms with Gasteiger partial charge >= 0.3 is 0 Å². The molecule has 1 atom stereocenters. The molecule has 0 N–H and O–H groups in total. The molecule has 2 aromatic rings. The summed E-state index contributed by atoms with van der Waals surface area (Å²) < 4.78 is 5.42. The highest BCUT2D eigenvalue weighted by Gasteiger charge is 2.36. The first-order chi connectivity index (χ1) is 11.8. The number of carbonyl (C=O) groups is 1. The van der Waals surface area contributed by atoms with Crippen molar-refractivity contribution in [3.63, 3.8) is 0 Å². The number of thiazole rings is 1. The largest absolute Gasteiger partial charge is 0.468 e. The predicted octanol–water partition coefficient (Wildman–Crippen LogP) is 3.31. The lowest BCUT2D eigenvalue weighted by molar-refractivity contribution is -0.138. The van der Waals surface area contributed by atoms with Crippen molar-refractivity contribution in [3.05, 3.63) is 40.7 Å². The molecular formula is C18H23N3O2S. The molecule has 0 radical (unpaired) electrons. The number of nitrogens with zero attached hydrogens (tertiary/aromatic N) is 3. The van der Waals surface area contributed by atoms with Gasteiger partial charge in [-0.25, -0.2) is 4.98 Å². The molecule has 0 aromatic carbocycles. The summed E-state index contributed by atoms with van der Waals surface area (Å²) in [5, 5.41) is 3.10. The van der Waals surface area contributed by atoms with Gasteiger partial charge in [-0.1, -0.05) is 0 Å². The first kappa shape index (κ1) is 15.8. The summed E-state index contributed by atoms with van der Waals surface area (Å²) in [5.74, 6) is 1.51. The highest BCUT2D eigenvalue weighted by atomic mass is 32.1. The molecule has 2 aromatic heterocycles. The molecule has 24 heavy (non-hydrogen) atoms. The molecule has 1 amide bonds. The number of likely N-dealkylation sites (tertiary alicyclic amines) is 2. The second-order valence-corrected chi connectivity index (χ2v) is 7.62. The van der Waals surface area contributed by atoms with Crippen LogP contribution in [0.25, 0.3) is 0 Å². The van der Waals surface area contributed by atoms with E-state index in [-0.39, 0.29) is 12.0 Å². The van der Waals surface area contributed by atoms with Crippen LogP contribution in [0.5, 0.6) is 0 Å². The van der Waals surface area contributed by atoms with Gasteiger partial charge in [0.05, 0.1) is 18.8 Å². The van der Waals surface area contributed by atoms with Crippen molar-refractivity contribution in [2.75, 3.05) is 19.6 Å². The van der Waals surface area contributed by atoms with Gasteiger partial charge in [-0.15, -0.1) is 11.3 Å². The second kappa shape index (κ2) is 7.07. The maximum Gasteiger partial charge on any atom is 0.226 e. The van der Waals surface area contributed by atoms with E-state index in [1.165, 1.54) is 0 Å². The third-order valence-corrected chi connectivity index (χ3v) is 6.05. The number of carbonyl (C=O) groups excluding carboxylic acids is 1. The third-order valence-electron chi connectivity index (χ3n) is 5.17. The normalized spacial score (nSPS) is 23.0. The van der Waals surface area contributed by atoms with Crippen LogP contribution in [0.3, 0.4) is 0 Å². The standard InChI is InChI=1S/C18H23N3O2S/c22-18(21-8-1-4-16(21)17-19-7-12-24-17)14-5-9-20(10-6-14)13-15-3-2-11-23-15/h2-3,7,11-12,14,16H,1,4-6,8-10,13H2. The second-order valence-electron chi connectivity index (χ2n) is 6.69. The molecule has 5 nitrogen and oxygen atoms in total. The van der Waals surface area contributed by atoms with Crippen LogP contribution in [0.4, 0.5) is 0 Å². The van der Waals surface area contributed by atoms with Gasteiger partial charge in [-0.3, -0.25) is 9.69 Å². The Bertz CT molecular complexity index is 648. The zero-order chi connectivity index (χ0) is 16.4. The van der Waals surface area contributed by atoms with E-state index in [1.807, 2.05) is 23.7 Å². The van der Waals surface area contributed by atoms with E-state index < -0.39 is 0 Å². The van der Waals surface area contributed by atoms with E-state index in [0.29, 0.717) is 5.91 Å². The van der Waals surface area contributed by atoms with Crippen LogP contribution in [0.1, 0.15) is 42.5 Å². The van der Waals surface area contributed by atoms with Gasteiger partial charge in [0, 0.05) is 24.0 Å². The molecule has 2 aliphatic rings. The predicted molar refractivity (Wildman–Crippen MR) is 92.5 cm³/mol. The Morgan fingerprint density at radius 3 is 2.88 bits per heavy atom. The molecule has 2 fully saturated rings. The number of hydrogen-bond donors (Lipinski definition) is 0. The van der Waals surface area contributed by atoms with Gasteiger partial charge in [0.25, 0.3) is 0 Å². The van der Waals surface area contributed by atoms with Crippen molar-refractivity contribution < 1.29 is 9.21 Å². The molecule has 0 aliphatic carbocycles. The average molecular weight is 345 g/mol. The van der Waals surface area contributed by atoms with Crippen molar-refractivity contribution in [2.24, 2.45) is 5.92 Å². The molecular weight excluding hydrogens is 322 g/mol. The molecule has 4 heterocycles. The minimum absolute atomic E-state index is 0.165. The van der Waals surface area contributed by atoms with Gasteiger partial charge in [0.15, 0.2) is 0 Å². The number of furan rings is 1. The molecule has 0 saturated carbocycles. The maximum atomic E-state index is 13.0. The van der Waals surface area contributed by atoms with Gasteiger partial charge in [0.1, 0.15) is 10.8 Å². The first-order valence-electron chi connectivity index (χ1n) is 8.76. The number of hydrogen-bond acceptors (Lipinski definition) is 5. The molecule has 128 valence electrons. The fraction of sp³-hybridized carbons (Fsp3) is 0.556. The molecule has 2 saturated heterocycles. The van der Waals surface area contributed by atoms with E-state index in [1.54, 1.807) is 17.6 Å². The van der Waals surface area contributed by atoms with Crippen LogP contribution in [0, 0.1) is 5.92 Å². The Hall–Kier alpha value is -1.66. The summed E-state index contributed by atoms with van der Waals surface area (Å²) in [6, 6.07) is 4.15. The molecule has 4 rings (SSSR count). The van der Waals surface area contributed by atoms with Crippen molar-refractivity contribution in [1.29, 1.82) is 0 Å². The number of aromatic nitrogens is 1. The fourth-order valence-electron chi connectivity index (χ4n) is 3.88. The van der Waals surface area contributed by atoms with Crippen LogP contribution in [0.2, 0.25) is 0 Å². The van der Waals surface area contributed by atoms with E-state index in [9.17, 15) is 4.79 Å². The van der Waals surface area contributed by atoms with Gasteiger partial charge in [0.2, 0.25) is 5.91 Å². The minimum Gasteiger partial charge on any atom is -0.468 e. The van der Waals surface area contributed by atoms with E-state index in [2.05, 4.69) is 14.8 Å². The van der Waals surface area contributed by atoms with Crippen molar-refractivity contribution in [1.82, 2.24) is 14.8 Å². The van der Waals surface area contributed by atoms with Crippen molar-refractivity contribution in [2.45, 2.75) is 38.3 Å². The summed E-state index contributed by atoms with van der Waals surface area (Å²) in [4.78, 5) is 21.9. The topological polar surface area (TPSA) is 49.6 Å². The number of piperidine rings is 1. The zero-order valence-electron chi connectivity index (χ0n) is 13.8. The lowest BCUT2D eigenvalue weighted by atomic mass is 9.95. The van der Waals surface area contributed by atoms with E-state index in [0.717, 1.165) is 62.6 Å². The SMILES string of the molecule is O=C(C1CCN(Cc2ccco2)CC1)N1CCCC1c1nccs1. The molecule has 0 bridgehead atoms. The Kier molecular flexibility index (Phi) is 4.67. The Labute approximate surface area is 146 Å². The highest BCUT2D eigenvalue weighted by molar-refractivity contribution is 7.09. The van der Waals surface area contributed by atoms with Gasteiger partial charge < -0.3 is 9.32 Å². The third kappa shape index (κ3) is 3.26. The maximum absolute atomic E-state index is 13.0. The highest BCUT2D eigenvalue weighted by Crippen LogP contribution is 2.35. The van der Waals surface area contributed by atoms with E-state index >= 15 is 0 Å². The van der Waals surface area contributed by atoms with Crippen molar-refractivity contribution >= 4 is 17.2 Å². The molecule has 1 unspecified atom stereocenters. The summed E-state index contributed by atoms with van der Waals surface area (Å²) >= 11 is 1.67. The monoisotopic (exact) mass is 345 g/mol. The summed E-state index contributed by atoms with van der Waals surface area (Å²) in [5.41, 5.74) is 0. The van der Waals surface area contributed by atoms with Gasteiger partial charge in [-0.05, 0) is 50.9 Å². The lowest BCUT2D eigenvalue weighted by Crippen LogP contribution is -2.42. The summed E-state index contributed by atoms with van der Waals surface area (Å²) in [6.45, 7) is 3.66. The Morgan fingerprint density at radius 1 is 1.29 bits per heavy atom. The molecule has 6 heteroatoms.